The fraction of sp³-hybridized carbons (Fsp3) is 0.737. The van der Waals surface area contributed by atoms with Crippen LogP contribution in [-0.4, -0.2) is 53.6 Å². The molecule has 2 atom stereocenters. The van der Waals surface area contributed by atoms with E-state index in [0.29, 0.717) is 19.8 Å². The number of carbonyl (C=O) groups excluding carboxylic acids is 1. The maximum Gasteiger partial charge on any atom is 0.317 e. The molecule has 2 saturated heterocycles. The molecule has 2 amide bonds. The van der Waals surface area contributed by atoms with Crippen LogP contribution in [0.2, 0.25) is 0 Å². The second kappa shape index (κ2) is 7.79. The zero-order chi connectivity index (χ0) is 17.9. The summed E-state index contributed by atoms with van der Waals surface area (Å²) in [4.78, 5) is 14.5. The first-order chi connectivity index (χ1) is 12.0. The Morgan fingerprint density at radius 3 is 2.88 bits per heavy atom. The van der Waals surface area contributed by atoms with E-state index in [-0.39, 0.29) is 18.0 Å². The normalized spacial score (nSPS) is 24.3. The molecular weight excluding hydrogens is 318 g/mol. The summed E-state index contributed by atoms with van der Waals surface area (Å²) in [6, 6.07) is 4.37. The van der Waals surface area contributed by atoms with Gasteiger partial charge in [-0.2, -0.15) is 0 Å². The average Bonchev–Trinajstić information content (AvgIpc) is 3.22. The number of hydrogen-bond donors (Lipinski definition) is 1. The van der Waals surface area contributed by atoms with E-state index in [9.17, 15) is 4.79 Å². The van der Waals surface area contributed by atoms with E-state index in [4.69, 9.17) is 9.47 Å². The first-order valence-electron chi connectivity index (χ1n) is 9.41. The highest BCUT2D eigenvalue weighted by molar-refractivity contribution is 5.74. The Bertz CT molecular complexity index is 580. The van der Waals surface area contributed by atoms with Crippen molar-refractivity contribution in [2.24, 2.45) is 13.0 Å². The number of aryl methyl sites for hydroxylation is 2. The lowest BCUT2D eigenvalue weighted by Crippen LogP contribution is -2.52. The third-order valence-electron chi connectivity index (χ3n) is 5.57. The Hall–Kier alpha value is -1.53. The van der Waals surface area contributed by atoms with E-state index in [0.717, 1.165) is 32.2 Å². The van der Waals surface area contributed by atoms with Crippen LogP contribution < -0.4 is 5.32 Å². The number of piperidine rings is 1. The molecule has 0 bridgehead atoms. The Kier molecular flexibility index (Phi) is 5.69. The number of urea groups is 1. The van der Waals surface area contributed by atoms with Gasteiger partial charge < -0.3 is 24.3 Å². The fourth-order valence-corrected chi connectivity index (χ4v) is 3.85. The molecule has 0 saturated carbocycles. The summed E-state index contributed by atoms with van der Waals surface area (Å²) in [5.74, 6) is -0.287. The van der Waals surface area contributed by atoms with Gasteiger partial charge >= 0.3 is 6.03 Å². The second-order valence-corrected chi connectivity index (χ2v) is 7.50. The number of amides is 2. The number of likely N-dealkylation sites (tertiary alicyclic amines) is 1. The summed E-state index contributed by atoms with van der Waals surface area (Å²) < 4.78 is 13.7. The molecule has 1 aromatic heterocycles. The Balaban J connectivity index is 1.47. The van der Waals surface area contributed by atoms with Crippen molar-refractivity contribution in [1.82, 2.24) is 14.8 Å². The second-order valence-electron chi connectivity index (χ2n) is 7.50. The zero-order valence-corrected chi connectivity index (χ0v) is 15.7. The molecule has 0 radical (unpaired) electrons. The molecule has 6 nitrogen and oxygen atoms in total. The predicted octanol–water partition coefficient (Wildman–Crippen LogP) is 2.53. The van der Waals surface area contributed by atoms with Gasteiger partial charge in [0.25, 0.3) is 0 Å². The minimum Gasteiger partial charge on any atom is -0.354 e. The van der Waals surface area contributed by atoms with Crippen LogP contribution in [0.25, 0.3) is 0 Å². The van der Waals surface area contributed by atoms with E-state index in [1.807, 2.05) is 11.8 Å². The molecule has 2 aliphatic heterocycles. The summed E-state index contributed by atoms with van der Waals surface area (Å²) >= 11 is 0. The Morgan fingerprint density at radius 1 is 1.44 bits per heavy atom. The SMILES string of the molecule is C[C@@H](CCc1cccn1C)NC(=O)N1CCC[C@@H](C2(C)OCCO2)C1. The van der Waals surface area contributed by atoms with Crippen molar-refractivity contribution in [3.8, 4) is 0 Å². The molecule has 1 aromatic rings. The van der Waals surface area contributed by atoms with Crippen molar-refractivity contribution in [2.45, 2.75) is 51.4 Å². The number of carbonyl (C=O) groups is 1. The molecule has 140 valence electrons. The molecule has 3 heterocycles. The third kappa shape index (κ3) is 4.36. The molecule has 2 aliphatic rings. The third-order valence-corrected chi connectivity index (χ3v) is 5.57. The van der Waals surface area contributed by atoms with Gasteiger partial charge in [-0.1, -0.05) is 0 Å². The molecule has 0 spiro atoms. The monoisotopic (exact) mass is 349 g/mol. The first-order valence-corrected chi connectivity index (χ1v) is 9.41. The quantitative estimate of drug-likeness (QED) is 0.889. The molecule has 0 aliphatic carbocycles. The minimum absolute atomic E-state index is 0.0330. The fourth-order valence-electron chi connectivity index (χ4n) is 3.85. The highest BCUT2D eigenvalue weighted by Crippen LogP contribution is 2.34. The number of nitrogens with one attached hydrogen (secondary N) is 1. The minimum atomic E-state index is -0.531. The van der Waals surface area contributed by atoms with Gasteiger partial charge in [0.05, 0.1) is 13.2 Å². The van der Waals surface area contributed by atoms with Crippen LogP contribution in [-0.2, 0) is 22.9 Å². The van der Waals surface area contributed by atoms with Gasteiger partial charge in [0, 0.05) is 44.0 Å². The summed E-state index contributed by atoms with van der Waals surface area (Å²) in [5, 5.41) is 3.15. The van der Waals surface area contributed by atoms with E-state index in [1.165, 1.54) is 5.69 Å². The summed E-state index contributed by atoms with van der Waals surface area (Å²) in [6.45, 7) is 6.89. The van der Waals surface area contributed by atoms with Crippen LogP contribution in [0.4, 0.5) is 4.79 Å². The first kappa shape index (κ1) is 18.3. The number of hydrogen-bond acceptors (Lipinski definition) is 3. The molecule has 25 heavy (non-hydrogen) atoms. The van der Waals surface area contributed by atoms with Crippen LogP contribution in [0.3, 0.4) is 0 Å². The molecule has 6 heteroatoms. The van der Waals surface area contributed by atoms with E-state index in [2.05, 4.69) is 42.2 Å². The summed E-state index contributed by atoms with van der Waals surface area (Å²) in [6.07, 6.45) is 6.00. The van der Waals surface area contributed by atoms with E-state index < -0.39 is 5.79 Å². The van der Waals surface area contributed by atoms with Crippen molar-refractivity contribution in [2.75, 3.05) is 26.3 Å². The molecule has 3 rings (SSSR count). The lowest BCUT2D eigenvalue weighted by atomic mass is 9.90. The van der Waals surface area contributed by atoms with E-state index >= 15 is 0 Å². The molecule has 0 aromatic carbocycles. The van der Waals surface area contributed by atoms with Gasteiger partial charge in [0.15, 0.2) is 5.79 Å². The highest BCUT2D eigenvalue weighted by Gasteiger charge is 2.42. The van der Waals surface area contributed by atoms with Gasteiger partial charge in [-0.25, -0.2) is 4.79 Å². The molecule has 2 fully saturated rings. The molecular formula is C19H31N3O3. The summed E-state index contributed by atoms with van der Waals surface area (Å²) in [5.41, 5.74) is 1.29. The zero-order valence-electron chi connectivity index (χ0n) is 15.7. The van der Waals surface area contributed by atoms with Gasteiger partial charge in [-0.05, 0) is 51.7 Å². The maximum atomic E-state index is 12.6. The maximum absolute atomic E-state index is 12.6. The number of aromatic nitrogens is 1. The lowest BCUT2D eigenvalue weighted by molar-refractivity contribution is -0.189. The average molecular weight is 349 g/mol. The standard InChI is InChI=1S/C19H31N3O3/c1-15(8-9-17-7-5-10-21(17)3)20-18(23)22-11-4-6-16(14-22)19(2)24-12-13-25-19/h5,7,10,15-16H,4,6,8-9,11-14H2,1-3H3,(H,20,23)/t15-,16+/m0/s1. The number of nitrogens with zero attached hydrogens (tertiary/aromatic N) is 2. The van der Waals surface area contributed by atoms with Crippen LogP contribution in [0.5, 0.6) is 0 Å². The predicted molar refractivity (Wildman–Crippen MR) is 96.3 cm³/mol. The van der Waals surface area contributed by atoms with Crippen molar-refractivity contribution >= 4 is 6.03 Å². The topological polar surface area (TPSA) is 55.7 Å². The highest BCUT2D eigenvalue weighted by atomic mass is 16.7. The number of rotatable bonds is 5. The lowest BCUT2D eigenvalue weighted by Gasteiger charge is -2.40. The van der Waals surface area contributed by atoms with Crippen molar-refractivity contribution in [1.29, 1.82) is 0 Å². The number of ether oxygens (including phenoxy) is 2. The van der Waals surface area contributed by atoms with Gasteiger partial charge in [-0.3, -0.25) is 0 Å². The Morgan fingerprint density at radius 2 is 2.20 bits per heavy atom. The summed E-state index contributed by atoms with van der Waals surface area (Å²) in [7, 11) is 2.06. The van der Waals surface area contributed by atoms with Crippen molar-refractivity contribution in [3.63, 3.8) is 0 Å². The largest absolute Gasteiger partial charge is 0.354 e. The van der Waals surface area contributed by atoms with Gasteiger partial charge in [-0.15, -0.1) is 0 Å². The van der Waals surface area contributed by atoms with Crippen molar-refractivity contribution in [3.05, 3.63) is 24.0 Å². The van der Waals surface area contributed by atoms with E-state index in [1.54, 1.807) is 0 Å². The molecule has 0 unspecified atom stereocenters. The van der Waals surface area contributed by atoms with Crippen LogP contribution in [0.15, 0.2) is 18.3 Å². The van der Waals surface area contributed by atoms with Gasteiger partial charge in [0.1, 0.15) is 0 Å². The van der Waals surface area contributed by atoms with Crippen LogP contribution in [0.1, 0.15) is 38.8 Å². The van der Waals surface area contributed by atoms with Gasteiger partial charge in [0.2, 0.25) is 0 Å². The van der Waals surface area contributed by atoms with Crippen LogP contribution in [0, 0.1) is 5.92 Å². The molecule has 1 N–H and O–H groups in total. The smallest absolute Gasteiger partial charge is 0.317 e. The van der Waals surface area contributed by atoms with Crippen LogP contribution >= 0.6 is 0 Å². The van der Waals surface area contributed by atoms with Crippen molar-refractivity contribution < 1.29 is 14.3 Å². The Labute approximate surface area is 150 Å².